The molecule has 0 aromatic heterocycles. The van der Waals surface area contributed by atoms with E-state index in [1.54, 1.807) is 0 Å². The van der Waals surface area contributed by atoms with Crippen LogP contribution in [0.1, 0.15) is 34.6 Å². The smallest absolute Gasteiger partial charge is 0.280 e. The van der Waals surface area contributed by atoms with E-state index in [2.05, 4.69) is 4.74 Å². The molecule has 2 aromatic carbocycles. The third-order valence-corrected chi connectivity index (χ3v) is 3.38. The van der Waals surface area contributed by atoms with Gasteiger partial charge in [0.05, 0.1) is 30.3 Å². The molecule has 0 aliphatic rings. The van der Waals surface area contributed by atoms with Crippen molar-refractivity contribution in [2.45, 2.75) is 13.8 Å². The van der Waals surface area contributed by atoms with Crippen molar-refractivity contribution in [2.24, 2.45) is 0 Å². The zero-order chi connectivity index (χ0) is 20.7. The Morgan fingerprint density at radius 3 is 1.81 bits per heavy atom. The molecule has 0 saturated heterocycles. The highest BCUT2D eigenvalue weighted by Crippen LogP contribution is 2.24. The van der Waals surface area contributed by atoms with Crippen LogP contribution in [0.3, 0.4) is 0 Å². The van der Waals surface area contributed by atoms with Gasteiger partial charge in [-0.2, -0.15) is 0 Å². The summed E-state index contributed by atoms with van der Waals surface area (Å²) in [7, 11) is 2.73. The summed E-state index contributed by atoms with van der Waals surface area (Å²) >= 11 is 0. The molecule has 0 radical (unpaired) electrons. The Morgan fingerprint density at radius 1 is 0.926 bits per heavy atom. The van der Waals surface area contributed by atoms with Gasteiger partial charge >= 0.3 is 0 Å². The van der Waals surface area contributed by atoms with E-state index in [9.17, 15) is 28.5 Å². The number of halogens is 2. The summed E-state index contributed by atoms with van der Waals surface area (Å²) in [6.07, 6.45) is 0. The van der Waals surface area contributed by atoms with E-state index in [0.29, 0.717) is 5.75 Å². The first-order chi connectivity index (χ1) is 12.6. The molecule has 0 heterocycles. The van der Waals surface area contributed by atoms with Crippen molar-refractivity contribution < 1.29 is 32.8 Å². The molecule has 0 N–H and O–H groups in total. The maximum absolute atomic E-state index is 13.0. The van der Waals surface area contributed by atoms with Gasteiger partial charge in [0, 0.05) is 18.2 Å². The van der Waals surface area contributed by atoms with Crippen molar-refractivity contribution in [1.29, 1.82) is 0 Å². The average molecular weight is 381 g/mol. The molecule has 0 bridgehead atoms. The van der Waals surface area contributed by atoms with Crippen LogP contribution in [-0.2, 0) is 0 Å². The molecule has 0 atom stereocenters. The Balaban J connectivity index is 0.000000271. The number of methoxy groups -OCH3 is 2. The van der Waals surface area contributed by atoms with Gasteiger partial charge in [0.25, 0.3) is 5.69 Å². The van der Waals surface area contributed by atoms with Crippen LogP contribution >= 0.6 is 0 Å². The van der Waals surface area contributed by atoms with Crippen LogP contribution in [0.4, 0.5) is 14.5 Å². The molecule has 0 aliphatic carbocycles. The zero-order valence-corrected chi connectivity index (χ0v) is 15.0. The minimum atomic E-state index is -0.899. The molecule has 0 amide bonds. The lowest BCUT2D eigenvalue weighted by Crippen LogP contribution is -2.02. The number of carbonyl (C=O) groups excluding carboxylic acids is 2. The lowest BCUT2D eigenvalue weighted by molar-refractivity contribution is -0.385. The summed E-state index contributed by atoms with van der Waals surface area (Å²) in [6, 6.07) is 6.01. The summed E-state index contributed by atoms with van der Waals surface area (Å²) in [5.74, 6) is -2.30. The molecule has 0 saturated carbocycles. The van der Waals surface area contributed by atoms with Gasteiger partial charge in [-0.3, -0.25) is 19.7 Å². The molecule has 27 heavy (non-hydrogen) atoms. The van der Waals surface area contributed by atoms with Gasteiger partial charge in [-0.15, -0.1) is 0 Å². The number of rotatable bonds is 5. The topological polar surface area (TPSA) is 95.7 Å². The van der Waals surface area contributed by atoms with Gasteiger partial charge in [-0.1, -0.05) is 0 Å². The summed E-state index contributed by atoms with van der Waals surface area (Å²) in [4.78, 5) is 31.8. The Labute approximate surface area is 153 Å². The first kappa shape index (κ1) is 21.7. The van der Waals surface area contributed by atoms with Gasteiger partial charge < -0.3 is 9.47 Å². The van der Waals surface area contributed by atoms with Crippen molar-refractivity contribution >= 4 is 17.3 Å². The predicted molar refractivity (Wildman–Crippen MR) is 92.6 cm³/mol. The minimum Gasteiger partial charge on any atom is -0.497 e. The number of hydrogen-bond acceptors (Lipinski definition) is 6. The molecule has 0 fully saturated rings. The van der Waals surface area contributed by atoms with Crippen LogP contribution in [0, 0.1) is 21.7 Å². The fourth-order valence-electron chi connectivity index (χ4n) is 2.09. The van der Waals surface area contributed by atoms with E-state index in [4.69, 9.17) is 4.74 Å². The van der Waals surface area contributed by atoms with Crippen LogP contribution in [0.15, 0.2) is 30.3 Å². The van der Waals surface area contributed by atoms with Crippen molar-refractivity contribution in [3.8, 4) is 11.5 Å². The SMILES string of the molecule is COc1cc(F)c(C(C)=O)c(F)c1.COc1ccc([N+](=O)[O-])c(C(C)=O)c1. The van der Waals surface area contributed by atoms with E-state index in [-0.39, 0.29) is 22.8 Å². The van der Waals surface area contributed by atoms with Gasteiger partial charge in [0.1, 0.15) is 23.1 Å². The summed E-state index contributed by atoms with van der Waals surface area (Å²) in [6.45, 7) is 2.38. The quantitative estimate of drug-likeness (QED) is 0.442. The molecule has 7 nitrogen and oxygen atoms in total. The van der Waals surface area contributed by atoms with Crippen LogP contribution in [-0.4, -0.2) is 30.7 Å². The third kappa shape index (κ3) is 5.56. The number of nitrogens with zero attached hydrogens (tertiary/aromatic N) is 1. The lowest BCUT2D eigenvalue weighted by atomic mass is 10.1. The second-order valence-electron chi connectivity index (χ2n) is 5.22. The second kappa shape index (κ2) is 9.37. The second-order valence-corrected chi connectivity index (χ2v) is 5.22. The fraction of sp³-hybridized carbons (Fsp3) is 0.222. The molecular weight excluding hydrogens is 364 g/mol. The number of Topliss-reactive ketones (excluding diaryl/α,β-unsaturated/α-hetero) is 2. The lowest BCUT2D eigenvalue weighted by Gasteiger charge is -2.03. The Bertz CT molecular complexity index is 859. The Hall–Kier alpha value is -3.36. The average Bonchev–Trinajstić information content (AvgIpc) is 2.60. The molecule has 9 heteroatoms. The highest BCUT2D eigenvalue weighted by molar-refractivity contribution is 5.98. The molecule has 2 aromatic rings. The van der Waals surface area contributed by atoms with Gasteiger partial charge in [0.2, 0.25) is 0 Å². The Kier molecular flexibility index (Phi) is 7.52. The van der Waals surface area contributed by atoms with Gasteiger partial charge in [0.15, 0.2) is 11.6 Å². The van der Waals surface area contributed by atoms with E-state index in [1.165, 1.54) is 39.3 Å². The first-order valence-corrected chi connectivity index (χ1v) is 7.49. The number of nitro groups is 1. The number of benzene rings is 2. The minimum absolute atomic E-state index is 0.0556. The van der Waals surface area contributed by atoms with Crippen LogP contribution < -0.4 is 9.47 Å². The van der Waals surface area contributed by atoms with E-state index in [0.717, 1.165) is 19.1 Å². The number of hydrogen-bond donors (Lipinski definition) is 0. The molecule has 0 aliphatic heterocycles. The largest absolute Gasteiger partial charge is 0.497 e. The summed E-state index contributed by atoms with van der Waals surface area (Å²) in [5, 5.41) is 10.5. The number of carbonyl (C=O) groups is 2. The normalized spacial score (nSPS) is 9.70. The number of nitro benzene ring substituents is 1. The summed E-state index contributed by atoms with van der Waals surface area (Å²) in [5.41, 5.74) is -0.659. The molecule has 0 spiro atoms. The van der Waals surface area contributed by atoms with E-state index < -0.39 is 27.9 Å². The molecular formula is C18H17F2NO6. The summed E-state index contributed by atoms with van der Waals surface area (Å²) < 4.78 is 35.5. The van der Waals surface area contributed by atoms with Gasteiger partial charge in [-0.05, 0) is 26.0 Å². The van der Waals surface area contributed by atoms with E-state index in [1.807, 2.05) is 0 Å². The van der Waals surface area contributed by atoms with E-state index >= 15 is 0 Å². The monoisotopic (exact) mass is 381 g/mol. The highest BCUT2D eigenvalue weighted by Gasteiger charge is 2.17. The van der Waals surface area contributed by atoms with Gasteiger partial charge in [-0.25, -0.2) is 8.78 Å². The number of ether oxygens (including phenoxy) is 2. The molecule has 144 valence electrons. The number of ketones is 2. The molecule has 0 unspecified atom stereocenters. The third-order valence-electron chi connectivity index (χ3n) is 3.38. The van der Waals surface area contributed by atoms with Crippen LogP contribution in [0.2, 0.25) is 0 Å². The van der Waals surface area contributed by atoms with Crippen molar-refractivity contribution in [3.63, 3.8) is 0 Å². The highest BCUT2D eigenvalue weighted by atomic mass is 19.1. The standard InChI is InChI=1S/C9H8F2O2.C9H9NO4/c1-5(12)9-7(10)3-6(13-2)4-8(9)11;1-6(11)8-5-7(14-2)3-4-9(8)10(12)13/h3-4H,1-2H3;3-5H,1-2H3. The molecule has 2 rings (SSSR count). The van der Waals surface area contributed by atoms with Crippen molar-refractivity contribution in [3.05, 3.63) is 63.2 Å². The van der Waals surface area contributed by atoms with Crippen molar-refractivity contribution in [1.82, 2.24) is 0 Å². The maximum atomic E-state index is 13.0. The van der Waals surface area contributed by atoms with Crippen molar-refractivity contribution in [2.75, 3.05) is 14.2 Å². The van der Waals surface area contributed by atoms with Crippen LogP contribution in [0.25, 0.3) is 0 Å². The Morgan fingerprint density at radius 2 is 1.44 bits per heavy atom. The predicted octanol–water partition coefficient (Wildman–Crippen LogP) is 3.98. The fourth-order valence-corrected chi connectivity index (χ4v) is 2.09. The van der Waals surface area contributed by atoms with Crippen LogP contribution in [0.5, 0.6) is 11.5 Å². The maximum Gasteiger partial charge on any atom is 0.280 e. The first-order valence-electron chi connectivity index (χ1n) is 7.49. The zero-order valence-electron chi connectivity index (χ0n) is 15.0.